The molecule has 25 heavy (non-hydrogen) atoms. The van der Waals surface area contributed by atoms with Gasteiger partial charge in [0.1, 0.15) is 0 Å². The van der Waals surface area contributed by atoms with Gasteiger partial charge in [0.2, 0.25) is 0 Å². The molecule has 0 saturated heterocycles. The van der Waals surface area contributed by atoms with E-state index in [0.29, 0.717) is 6.42 Å². The van der Waals surface area contributed by atoms with Crippen LogP contribution in [0.3, 0.4) is 0 Å². The van der Waals surface area contributed by atoms with Crippen LogP contribution in [0.25, 0.3) is 0 Å². The van der Waals surface area contributed by atoms with Gasteiger partial charge in [0.15, 0.2) is 0 Å². The molecule has 0 amide bonds. The number of rotatable bonds is 3. The van der Waals surface area contributed by atoms with Crippen molar-refractivity contribution < 1.29 is 39.2 Å². The van der Waals surface area contributed by atoms with Crippen LogP contribution in [0.1, 0.15) is 17.2 Å². The second kappa shape index (κ2) is 14.7. The average molecular weight is 414 g/mol. The van der Waals surface area contributed by atoms with Gasteiger partial charge in [-0.3, -0.25) is 0 Å². The molecule has 132 valence electrons. The maximum atomic E-state index is 9.78. The minimum Gasteiger partial charge on any atom is -0.401 e. The largest absolute Gasteiger partial charge is 2.00 e. The minimum absolute atomic E-state index is 0. The summed E-state index contributed by atoms with van der Waals surface area (Å²) in [6, 6.07) is 35.9. The molecule has 3 heteroatoms. The Morgan fingerprint density at radius 3 is 1.40 bits per heavy atom. The third kappa shape index (κ3) is 10.1. The van der Waals surface area contributed by atoms with Crippen molar-refractivity contribution in [1.29, 1.82) is 0 Å². The Balaban J connectivity index is 0.000000400. The zero-order chi connectivity index (χ0) is 16.2. The summed E-state index contributed by atoms with van der Waals surface area (Å²) in [4.78, 5) is 0. The molecule has 0 spiro atoms. The van der Waals surface area contributed by atoms with E-state index in [1.54, 1.807) is 0 Å². The van der Waals surface area contributed by atoms with Gasteiger partial charge in [-0.1, -0.05) is 6.42 Å². The fraction of sp³-hybridized carbons (Fsp3) is 0.0909. The SMILES string of the molecule is OC(C[c-]1cccc1)[c-]1cccc1.[Fe+2].[Fe+2].c1cc[cH-]c1.c1cc[cH-]c1. The topological polar surface area (TPSA) is 20.2 Å². The molecule has 0 aliphatic carbocycles. The van der Waals surface area contributed by atoms with Gasteiger partial charge >= 0.3 is 34.1 Å². The molecule has 0 radical (unpaired) electrons. The number of hydrogen-bond acceptors (Lipinski definition) is 1. The van der Waals surface area contributed by atoms with Crippen LogP contribution in [0, 0.1) is 0 Å². The molecule has 0 aliphatic rings. The summed E-state index contributed by atoms with van der Waals surface area (Å²) >= 11 is 0. The second-order valence-corrected chi connectivity index (χ2v) is 5.16. The molecule has 1 nitrogen and oxygen atoms in total. The molecule has 0 aliphatic heterocycles. The van der Waals surface area contributed by atoms with Gasteiger partial charge in [-0.15, -0.1) is 5.56 Å². The van der Waals surface area contributed by atoms with Crippen molar-refractivity contribution in [2.45, 2.75) is 12.5 Å². The van der Waals surface area contributed by atoms with E-state index in [1.165, 1.54) is 5.56 Å². The quantitative estimate of drug-likeness (QED) is 0.361. The van der Waals surface area contributed by atoms with Crippen molar-refractivity contribution in [2.24, 2.45) is 0 Å². The minimum atomic E-state index is -0.364. The van der Waals surface area contributed by atoms with Gasteiger partial charge in [-0.05, 0) is 0 Å². The van der Waals surface area contributed by atoms with Crippen LogP contribution in [-0.4, -0.2) is 5.11 Å². The summed E-state index contributed by atoms with van der Waals surface area (Å²) in [7, 11) is 0. The van der Waals surface area contributed by atoms with Crippen LogP contribution >= 0.6 is 0 Å². The average Bonchev–Trinajstić information content (AvgIpc) is 3.41. The summed E-state index contributed by atoms with van der Waals surface area (Å²) in [6.45, 7) is 0. The summed E-state index contributed by atoms with van der Waals surface area (Å²) in [5.74, 6) is 0. The Morgan fingerprint density at radius 2 is 1.04 bits per heavy atom. The molecule has 1 atom stereocenters. The first-order valence-electron chi connectivity index (χ1n) is 7.80. The van der Waals surface area contributed by atoms with Crippen molar-refractivity contribution in [3.63, 3.8) is 0 Å². The maximum absolute atomic E-state index is 9.78. The zero-order valence-electron chi connectivity index (χ0n) is 13.8. The summed E-state index contributed by atoms with van der Waals surface area (Å²) < 4.78 is 0. The molecule has 1 unspecified atom stereocenters. The number of aliphatic hydroxyl groups excluding tert-OH is 1. The van der Waals surface area contributed by atoms with E-state index < -0.39 is 0 Å². The first kappa shape index (κ1) is 23.4. The van der Waals surface area contributed by atoms with Crippen LogP contribution in [0.4, 0.5) is 0 Å². The first-order chi connectivity index (χ1) is 11.4. The molecule has 4 aromatic rings. The summed E-state index contributed by atoms with van der Waals surface area (Å²) in [5.41, 5.74) is 2.19. The Hall–Kier alpha value is -1.60. The molecule has 0 heterocycles. The normalized spacial score (nSPS) is 9.96. The van der Waals surface area contributed by atoms with Crippen molar-refractivity contribution in [2.75, 3.05) is 0 Å². The Labute approximate surface area is 171 Å². The molecule has 0 fully saturated rings. The Kier molecular flexibility index (Phi) is 13.8. The van der Waals surface area contributed by atoms with Crippen LogP contribution in [0.2, 0.25) is 0 Å². The van der Waals surface area contributed by atoms with E-state index in [9.17, 15) is 5.11 Å². The van der Waals surface area contributed by atoms with E-state index in [-0.39, 0.29) is 40.2 Å². The predicted octanol–water partition coefficient (Wildman–Crippen LogP) is 5.21. The molecule has 4 aromatic carbocycles. The predicted molar refractivity (Wildman–Crippen MR) is 96.8 cm³/mol. The van der Waals surface area contributed by atoms with Crippen molar-refractivity contribution in [1.82, 2.24) is 0 Å². The van der Waals surface area contributed by atoms with E-state index in [0.717, 1.165) is 5.56 Å². The molecule has 4 rings (SSSR count). The van der Waals surface area contributed by atoms with Crippen molar-refractivity contribution in [3.8, 4) is 0 Å². The third-order valence-electron chi connectivity index (χ3n) is 3.35. The molecular weight excluding hydrogens is 392 g/mol. The standard InChI is InChI=1S/C12H12O.2C5H5.2Fe/c13-12(11-7-3-4-8-11)9-10-5-1-2-6-10;2*1-2-4-5-3-1;;/h1-8,12-13H,9H2;2*1-5H;;/q-2;2*-1;2*+2. The number of hydrogen-bond donors (Lipinski definition) is 1. The van der Waals surface area contributed by atoms with E-state index in [4.69, 9.17) is 0 Å². The van der Waals surface area contributed by atoms with Gasteiger partial charge in [0.25, 0.3) is 0 Å². The van der Waals surface area contributed by atoms with Gasteiger partial charge < -0.3 is 5.11 Å². The van der Waals surface area contributed by atoms with E-state index in [2.05, 4.69) is 0 Å². The first-order valence-corrected chi connectivity index (χ1v) is 7.80. The molecule has 0 saturated carbocycles. The fourth-order valence-electron chi connectivity index (χ4n) is 2.14. The van der Waals surface area contributed by atoms with Crippen molar-refractivity contribution >= 4 is 0 Å². The summed E-state index contributed by atoms with van der Waals surface area (Å²) in [5, 5.41) is 9.78. The van der Waals surface area contributed by atoms with Gasteiger partial charge in [0.05, 0.1) is 0 Å². The Bertz CT molecular complexity index is 602. The third-order valence-corrected chi connectivity index (χ3v) is 3.35. The van der Waals surface area contributed by atoms with Gasteiger partial charge in [-0.2, -0.15) is 66.2 Å². The van der Waals surface area contributed by atoms with Crippen LogP contribution in [0.5, 0.6) is 0 Å². The van der Waals surface area contributed by atoms with Gasteiger partial charge in [0, 0.05) is 6.10 Å². The molecule has 0 aromatic heterocycles. The molecule has 1 N–H and O–H groups in total. The van der Waals surface area contributed by atoms with Gasteiger partial charge in [-0.25, -0.2) is 48.5 Å². The molecule has 0 bridgehead atoms. The van der Waals surface area contributed by atoms with Crippen molar-refractivity contribution in [3.05, 3.63) is 120 Å². The van der Waals surface area contributed by atoms with Crippen LogP contribution < -0.4 is 0 Å². The summed E-state index contributed by atoms with van der Waals surface area (Å²) in [6.07, 6.45) is 0.342. The van der Waals surface area contributed by atoms with E-state index in [1.807, 2.05) is 109 Å². The zero-order valence-corrected chi connectivity index (χ0v) is 16.0. The Morgan fingerprint density at radius 1 is 0.640 bits per heavy atom. The second-order valence-electron chi connectivity index (χ2n) is 5.16. The number of aliphatic hydroxyl groups is 1. The van der Waals surface area contributed by atoms with Crippen LogP contribution in [-0.2, 0) is 40.6 Å². The van der Waals surface area contributed by atoms with E-state index >= 15 is 0 Å². The smallest absolute Gasteiger partial charge is 0.401 e. The fourth-order valence-corrected chi connectivity index (χ4v) is 2.14. The maximum Gasteiger partial charge on any atom is 2.00 e. The molecular formula is C22H22Fe2O. The monoisotopic (exact) mass is 414 g/mol. The van der Waals surface area contributed by atoms with Crippen LogP contribution in [0.15, 0.2) is 109 Å².